The van der Waals surface area contributed by atoms with Crippen LogP contribution in [0.2, 0.25) is 0 Å². The zero-order chi connectivity index (χ0) is 21.1. The highest BCUT2D eigenvalue weighted by molar-refractivity contribution is 6.46. The zero-order valence-corrected chi connectivity index (χ0v) is 16.0. The molecule has 8 heteroatoms. The van der Waals surface area contributed by atoms with Gasteiger partial charge < -0.3 is 14.6 Å². The van der Waals surface area contributed by atoms with Crippen molar-refractivity contribution in [2.45, 2.75) is 19.0 Å². The third-order valence-electron chi connectivity index (χ3n) is 5.05. The Morgan fingerprint density at radius 3 is 2.40 bits per heavy atom. The van der Waals surface area contributed by atoms with E-state index in [0.717, 1.165) is 0 Å². The molecule has 4 rings (SSSR count). The third-order valence-corrected chi connectivity index (χ3v) is 5.05. The molecule has 2 aromatic heterocycles. The molecule has 3 heterocycles. The van der Waals surface area contributed by atoms with Gasteiger partial charge in [-0.05, 0) is 36.2 Å². The Bertz CT molecular complexity index is 1080. The van der Waals surface area contributed by atoms with Crippen molar-refractivity contribution in [3.8, 4) is 0 Å². The number of pyridine rings is 1. The van der Waals surface area contributed by atoms with E-state index < -0.39 is 23.5 Å². The quantitative estimate of drug-likeness (QED) is 0.386. The summed E-state index contributed by atoms with van der Waals surface area (Å²) in [4.78, 5) is 35.0. The fourth-order valence-electron chi connectivity index (χ4n) is 3.61. The van der Waals surface area contributed by atoms with Gasteiger partial charge in [0, 0.05) is 43.4 Å². The minimum Gasteiger partial charge on any atom is -0.507 e. The molecule has 0 bridgehead atoms. The number of aliphatic hydroxyl groups is 1. The van der Waals surface area contributed by atoms with E-state index in [9.17, 15) is 19.1 Å². The number of nitrogens with zero attached hydrogens (tertiary/aromatic N) is 4. The number of Topliss-reactive ketones (excluding diaryl/α,β-unsaturated/α-hetero) is 1. The smallest absolute Gasteiger partial charge is 0.295 e. The maximum atomic E-state index is 13.5. The van der Waals surface area contributed by atoms with Crippen LogP contribution >= 0.6 is 0 Å². The number of aromatic nitrogens is 3. The van der Waals surface area contributed by atoms with Crippen molar-refractivity contribution in [2.24, 2.45) is 0 Å². The minimum absolute atomic E-state index is 0.0135. The van der Waals surface area contributed by atoms with E-state index in [1.807, 2.05) is 10.8 Å². The fraction of sp³-hybridized carbons (Fsp3) is 0.182. The molecule has 30 heavy (non-hydrogen) atoms. The summed E-state index contributed by atoms with van der Waals surface area (Å²) in [5.41, 5.74) is 0.919. The SMILES string of the molecule is O=C1C(=O)N(CCCn2ccnc2)C(c2ccc(F)cc2)C1=C(O)c1ccncc1. The van der Waals surface area contributed by atoms with Crippen LogP contribution in [-0.4, -0.2) is 42.8 Å². The summed E-state index contributed by atoms with van der Waals surface area (Å²) in [7, 11) is 0. The molecule has 0 radical (unpaired) electrons. The first-order valence-corrected chi connectivity index (χ1v) is 9.46. The van der Waals surface area contributed by atoms with Crippen LogP contribution in [0, 0.1) is 5.82 Å². The number of hydrogen-bond donors (Lipinski definition) is 1. The summed E-state index contributed by atoms with van der Waals surface area (Å²) < 4.78 is 15.4. The first-order valence-electron chi connectivity index (χ1n) is 9.46. The second-order valence-electron chi connectivity index (χ2n) is 6.93. The Morgan fingerprint density at radius 1 is 1.00 bits per heavy atom. The average Bonchev–Trinajstić information content (AvgIpc) is 3.37. The summed E-state index contributed by atoms with van der Waals surface area (Å²) in [5.74, 6) is -2.15. The molecule has 1 atom stereocenters. The van der Waals surface area contributed by atoms with Crippen molar-refractivity contribution in [2.75, 3.05) is 6.54 Å². The lowest BCUT2D eigenvalue weighted by Gasteiger charge is -2.25. The standard InChI is InChI=1S/C22H19FN4O3/c23-17-4-2-15(3-5-17)19-18(20(28)16-6-8-24-9-7-16)21(29)22(30)27(19)12-1-11-26-13-10-25-14-26/h2-10,13-14,19,28H,1,11-12H2. The van der Waals surface area contributed by atoms with E-state index in [0.29, 0.717) is 24.1 Å². The number of carbonyl (C=O) groups excluding carboxylic acids is 2. The molecule has 3 aromatic rings. The molecule has 7 nitrogen and oxygen atoms in total. The predicted molar refractivity (Wildman–Crippen MR) is 106 cm³/mol. The molecule has 1 N–H and O–H groups in total. The minimum atomic E-state index is -0.804. The summed E-state index contributed by atoms with van der Waals surface area (Å²) >= 11 is 0. The van der Waals surface area contributed by atoms with Gasteiger partial charge in [-0.3, -0.25) is 14.6 Å². The maximum Gasteiger partial charge on any atom is 0.295 e. The Hall–Kier alpha value is -3.81. The monoisotopic (exact) mass is 406 g/mol. The Morgan fingerprint density at radius 2 is 1.73 bits per heavy atom. The van der Waals surface area contributed by atoms with Crippen LogP contribution in [0.25, 0.3) is 5.76 Å². The van der Waals surface area contributed by atoms with Gasteiger partial charge in [0.05, 0.1) is 17.9 Å². The van der Waals surface area contributed by atoms with E-state index >= 15 is 0 Å². The van der Waals surface area contributed by atoms with Crippen molar-refractivity contribution in [1.82, 2.24) is 19.4 Å². The van der Waals surface area contributed by atoms with Crippen molar-refractivity contribution >= 4 is 17.4 Å². The molecule has 0 saturated carbocycles. The van der Waals surface area contributed by atoms with Crippen LogP contribution in [0.15, 0.2) is 73.1 Å². The second kappa shape index (κ2) is 8.28. The lowest BCUT2D eigenvalue weighted by atomic mass is 9.95. The van der Waals surface area contributed by atoms with Crippen LogP contribution in [0.3, 0.4) is 0 Å². The van der Waals surface area contributed by atoms with Gasteiger partial charge in [0.1, 0.15) is 11.6 Å². The molecule has 0 aliphatic carbocycles. The van der Waals surface area contributed by atoms with Crippen molar-refractivity contribution in [3.05, 3.63) is 90.0 Å². The first kappa shape index (κ1) is 19.5. The highest BCUT2D eigenvalue weighted by Crippen LogP contribution is 2.39. The van der Waals surface area contributed by atoms with Crippen molar-refractivity contribution in [3.63, 3.8) is 0 Å². The lowest BCUT2D eigenvalue weighted by Crippen LogP contribution is -2.31. The number of benzene rings is 1. The molecule has 1 unspecified atom stereocenters. The van der Waals surface area contributed by atoms with E-state index in [2.05, 4.69) is 9.97 Å². The summed E-state index contributed by atoms with van der Waals surface area (Å²) in [6.45, 7) is 0.904. The van der Waals surface area contributed by atoms with Gasteiger partial charge in [0.25, 0.3) is 11.7 Å². The second-order valence-corrected chi connectivity index (χ2v) is 6.93. The fourth-order valence-corrected chi connectivity index (χ4v) is 3.61. The van der Waals surface area contributed by atoms with Crippen molar-refractivity contribution in [1.29, 1.82) is 0 Å². The lowest BCUT2D eigenvalue weighted by molar-refractivity contribution is -0.139. The number of ketones is 1. The summed E-state index contributed by atoms with van der Waals surface area (Å²) in [6, 6.07) is 7.90. The third kappa shape index (κ3) is 3.71. The van der Waals surface area contributed by atoms with E-state index in [1.165, 1.54) is 41.6 Å². The Labute approximate surface area is 172 Å². The number of amides is 1. The van der Waals surface area contributed by atoms with Gasteiger partial charge in [0.15, 0.2) is 0 Å². The molecule has 1 amide bonds. The van der Waals surface area contributed by atoms with Gasteiger partial charge in [0.2, 0.25) is 0 Å². The predicted octanol–water partition coefficient (Wildman–Crippen LogP) is 2.93. The van der Waals surface area contributed by atoms with Crippen LogP contribution < -0.4 is 0 Å². The summed E-state index contributed by atoms with van der Waals surface area (Å²) in [5, 5.41) is 10.9. The topological polar surface area (TPSA) is 88.3 Å². The van der Waals surface area contributed by atoms with Crippen LogP contribution in [-0.2, 0) is 16.1 Å². The van der Waals surface area contributed by atoms with Crippen molar-refractivity contribution < 1.29 is 19.1 Å². The van der Waals surface area contributed by atoms with Crippen LogP contribution in [0.4, 0.5) is 4.39 Å². The van der Waals surface area contributed by atoms with E-state index in [1.54, 1.807) is 24.7 Å². The van der Waals surface area contributed by atoms with Gasteiger partial charge in [-0.15, -0.1) is 0 Å². The van der Waals surface area contributed by atoms with Gasteiger partial charge in [-0.2, -0.15) is 0 Å². The van der Waals surface area contributed by atoms with Crippen LogP contribution in [0.1, 0.15) is 23.6 Å². The number of hydrogen-bond acceptors (Lipinski definition) is 5. The molecular formula is C22H19FN4O3. The highest BCUT2D eigenvalue weighted by atomic mass is 19.1. The van der Waals surface area contributed by atoms with E-state index in [-0.39, 0.29) is 17.9 Å². The molecule has 1 aromatic carbocycles. The number of aryl methyl sites for hydroxylation is 1. The molecule has 1 fully saturated rings. The molecule has 1 aliphatic heterocycles. The number of likely N-dealkylation sites (tertiary alicyclic amines) is 1. The number of aliphatic hydroxyl groups excluding tert-OH is 1. The molecular weight excluding hydrogens is 387 g/mol. The Kier molecular flexibility index (Phi) is 5.38. The number of carbonyl (C=O) groups is 2. The van der Waals surface area contributed by atoms with Gasteiger partial charge in [-0.25, -0.2) is 9.37 Å². The van der Waals surface area contributed by atoms with E-state index in [4.69, 9.17) is 0 Å². The average molecular weight is 406 g/mol. The molecule has 152 valence electrons. The molecule has 0 spiro atoms. The van der Waals surface area contributed by atoms with Gasteiger partial charge >= 0.3 is 0 Å². The van der Waals surface area contributed by atoms with Gasteiger partial charge in [-0.1, -0.05) is 12.1 Å². The first-order chi connectivity index (χ1) is 14.6. The van der Waals surface area contributed by atoms with Crippen LogP contribution in [0.5, 0.6) is 0 Å². The molecule has 1 aliphatic rings. The summed E-state index contributed by atoms with van der Waals surface area (Å²) in [6.07, 6.45) is 8.71. The maximum absolute atomic E-state index is 13.5. The number of rotatable bonds is 6. The zero-order valence-electron chi connectivity index (χ0n) is 16.0. The largest absolute Gasteiger partial charge is 0.507 e. The number of imidazole rings is 1. The normalized spacial score (nSPS) is 18.2. The molecule has 1 saturated heterocycles. The highest BCUT2D eigenvalue weighted by Gasteiger charge is 2.45. The number of halogens is 1. The Balaban J connectivity index is 1.72.